The molecule has 0 spiro atoms. The summed E-state index contributed by atoms with van der Waals surface area (Å²) in [6.45, 7) is 0.500. The van der Waals surface area contributed by atoms with Crippen molar-refractivity contribution in [1.82, 2.24) is 9.80 Å². The average molecular weight is 238 g/mol. The van der Waals surface area contributed by atoms with E-state index in [2.05, 4.69) is 20.4 Å². The third-order valence-electron chi connectivity index (χ3n) is 1.33. The highest BCUT2D eigenvalue weighted by atomic mass is 16.1. The summed E-state index contributed by atoms with van der Waals surface area (Å²) in [7, 11) is 3.55. The van der Waals surface area contributed by atoms with Crippen molar-refractivity contribution in [3.8, 4) is 0 Å². The van der Waals surface area contributed by atoms with Gasteiger partial charge in [-0.25, -0.2) is 0 Å². The van der Waals surface area contributed by atoms with E-state index in [0.717, 1.165) is 12.4 Å². The van der Waals surface area contributed by atoms with Crippen LogP contribution in [0.3, 0.4) is 0 Å². The SMILES string of the molecule is CN(/C=N/N=C/C=O)CN(C)/C=N/N=C/C=O. The number of hydrogen-bond donors (Lipinski definition) is 0. The molecule has 92 valence electrons. The molecule has 0 aliphatic rings. The molecule has 8 heteroatoms. The Balaban J connectivity index is 3.98. The second-order valence-electron chi connectivity index (χ2n) is 2.92. The molecular weight excluding hydrogens is 224 g/mol. The molecular formula is C9H14N6O2. The van der Waals surface area contributed by atoms with Gasteiger partial charge >= 0.3 is 0 Å². The molecule has 0 saturated heterocycles. The number of carbonyl (C=O) groups is 2. The number of aldehydes is 2. The predicted octanol–water partition coefficient (Wildman–Crippen LogP) is -0.766. The minimum atomic E-state index is 0.500. The van der Waals surface area contributed by atoms with E-state index in [1.165, 1.54) is 12.7 Å². The summed E-state index contributed by atoms with van der Waals surface area (Å²) >= 11 is 0. The molecule has 0 amide bonds. The second kappa shape index (κ2) is 10.1. The largest absolute Gasteiger partial charge is 0.346 e. The zero-order valence-electron chi connectivity index (χ0n) is 9.67. The van der Waals surface area contributed by atoms with E-state index in [-0.39, 0.29) is 0 Å². The molecule has 0 aromatic carbocycles. The minimum Gasteiger partial charge on any atom is -0.346 e. The molecule has 0 unspecified atom stereocenters. The Hall–Kier alpha value is -2.38. The molecule has 0 aliphatic carbocycles. The molecule has 17 heavy (non-hydrogen) atoms. The van der Waals surface area contributed by atoms with E-state index in [1.54, 1.807) is 23.9 Å². The van der Waals surface area contributed by atoms with Gasteiger partial charge in [-0.2, -0.15) is 10.2 Å². The van der Waals surface area contributed by atoms with Crippen LogP contribution in [0.1, 0.15) is 0 Å². The first-order valence-electron chi connectivity index (χ1n) is 4.61. The van der Waals surface area contributed by atoms with E-state index < -0.39 is 0 Å². The molecule has 0 aromatic heterocycles. The Morgan fingerprint density at radius 3 is 1.59 bits per heavy atom. The zero-order chi connectivity index (χ0) is 12.9. The van der Waals surface area contributed by atoms with Crippen molar-refractivity contribution in [3.63, 3.8) is 0 Å². The standard InChI is InChI=1S/C9H14N6O2/c1-14(7-12-10-3-5-16)9-15(2)8-13-11-4-6-17/h3-8H,9H2,1-2H3/b10-3+,11-4+,12-7+,13-8+. The summed E-state index contributed by atoms with van der Waals surface area (Å²) in [4.78, 5) is 23.2. The van der Waals surface area contributed by atoms with Crippen LogP contribution in [0.25, 0.3) is 0 Å². The van der Waals surface area contributed by atoms with Crippen LogP contribution >= 0.6 is 0 Å². The lowest BCUT2D eigenvalue weighted by Crippen LogP contribution is -2.31. The maximum Gasteiger partial charge on any atom is 0.162 e. The van der Waals surface area contributed by atoms with Gasteiger partial charge in [0, 0.05) is 14.1 Å². The quantitative estimate of drug-likeness (QED) is 0.183. The topological polar surface area (TPSA) is 90.1 Å². The molecule has 0 aliphatic heterocycles. The summed E-state index contributed by atoms with van der Waals surface area (Å²) in [5.41, 5.74) is 0. The van der Waals surface area contributed by atoms with Crippen LogP contribution in [0, 0.1) is 0 Å². The van der Waals surface area contributed by atoms with Crippen molar-refractivity contribution in [1.29, 1.82) is 0 Å². The maximum absolute atomic E-state index is 9.90. The summed E-state index contributed by atoms with van der Waals surface area (Å²) in [5.74, 6) is 0. The predicted molar refractivity (Wildman–Crippen MR) is 66.5 cm³/mol. The first-order valence-corrected chi connectivity index (χ1v) is 4.61. The van der Waals surface area contributed by atoms with Gasteiger partial charge in [0.05, 0.1) is 19.1 Å². The molecule has 0 atom stereocenters. The van der Waals surface area contributed by atoms with Crippen molar-refractivity contribution in [2.75, 3.05) is 20.8 Å². The highest BCUT2D eigenvalue weighted by Gasteiger charge is 1.94. The Kier molecular flexibility index (Phi) is 8.73. The first kappa shape index (κ1) is 14.6. The Labute approximate surface area is 99.0 Å². The van der Waals surface area contributed by atoms with Gasteiger partial charge in [-0.05, 0) is 0 Å². The molecule has 0 aromatic rings. The molecule has 0 radical (unpaired) electrons. The summed E-state index contributed by atoms with van der Waals surface area (Å²) in [6, 6.07) is 0. The van der Waals surface area contributed by atoms with Crippen LogP contribution in [-0.2, 0) is 9.59 Å². The smallest absolute Gasteiger partial charge is 0.162 e. The third-order valence-corrected chi connectivity index (χ3v) is 1.33. The van der Waals surface area contributed by atoms with Crippen molar-refractivity contribution < 1.29 is 9.59 Å². The lowest BCUT2D eigenvalue weighted by atomic mass is 10.7. The average Bonchev–Trinajstić information content (AvgIpc) is 2.30. The summed E-state index contributed by atoms with van der Waals surface area (Å²) < 4.78 is 0. The molecule has 0 fully saturated rings. The summed E-state index contributed by atoms with van der Waals surface area (Å²) in [5, 5.41) is 14.1. The van der Waals surface area contributed by atoms with Gasteiger partial charge in [-0.15, -0.1) is 10.2 Å². The number of rotatable bonds is 8. The molecule has 8 nitrogen and oxygen atoms in total. The molecule has 0 saturated carbocycles. The number of hydrogen-bond acceptors (Lipinski definition) is 6. The Morgan fingerprint density at radius 1 is 0.824 bits per heavy atom. The fourth-order valence-electron chi connectivity index (χ4n) is 0.792. The van der Waals surface area contributed by atoms with Gasteiger partial charge in [0.2, 0.25) is 0 Å². The van der Waals surface area contributed by atoms with Crippen molar-refractivity contribution in [2.24, 2.45) is 20.4 Å². The highest BCUT2D eigenvalue weighted by molar-refractivity contribution is 6.13. The lowest BCUT2D eigenvalue weighted by Gasteiger charge is -2.19. The Bertz CT molecular complexity index is 304. The maximum atomic E-state index is 9.90. The van der Waals surface area contributed by atoms with Crippen LogP contribution in [0.2, 0.25) is 0 Å². The van der Waals surface area contributed by atoms with Crippen LogP contribution in [-0.4, -0.2) is 68.2 Å². The van der Waals surface area contributed by atoms with Crippen LogP contribution < -0.4 is 0 Å². The van der Waals surface area contributed by atoms with Crippen molar-refractivity contribution >= 4 is 37.7 Å². The van der Waals surface area contributed by atoms with Gasteiger partial charge in [0.15, 0.2) is 12.6 Å². The van der Waals surface area contributed by atoms with Gasteiger partial charge in [-0.1, -0.05) is 0 Å². The van der Waals surface area contributed by atoms with Crippen LogP contribution in [0.5, 0.6) is 0 Å². The van der Waals surface area contributed by atoms with Gasteiger partial charge in [0.1, 0.15) is 12.7 Å². The highest BCUT2D eigenvalue weighted by Crippen LogP contribution is 1.83. The minimum absolute atomic E-state index is 0.500. The van der Waals surface area contributed by atoms with E-state index in [0.29, 0.717) is 19.2 Å². The van der Waals surface area contributed by atoms with E-state index in [4.69, 9.17) is 0 Å². The number of carbonyl (C=O) groups excluding carboxylic acids is 2. The van der Waals surface area contributed by atoms with Gasteiger partial charge in [-0.3, -0.25) is 9.59 Å². The van der Waals surface area contributed by atoms with E-state index >= 15 is 0 Å². The summed E-state index contributed by atoms with van der Waals surface area (Å²) in [6.07, 6.45) is 6.09. The van der Waals surface area contributed by atoms with Crippen molar-refractivity contribution in [2.45, 2.75) is 0 Å². The lowest BCUT2D eigenvalue weighted by molar-refractivity contribution is -0.103. The fraction of sp³-hybridized carbons (Fsp3) is 0.333. The number of nitrogens with zero attached hydrogens (tertiary/aromatic N) is 6. The molecule has 0 N–H and O–H groups in total. The normalized spacial score (nSPS) is 11.9. The molecule has 0 heterocycles. The second-order valence-corrected chi connectivity index (χ2v) is 2.92. The first-order chi connectivity index (χ1) is 8.20. The van der Waals surface area contributed by atoms with Gasteiger partial charge < -0.3 is 9.80 Å². The van der Waals surface area contributed by atoms with E-state index in [1.807, 2.05) is 0 Å². The molecule has 0 bridgehead atoms. The van der Waals surface area contributed by atoms with Gasteiger partial charge in [0.25, 0.3) is 0 Å². The fourth-order valence-corrected chi connectivity index (χ4v) is 0.792. The molecule has 0 rings (SSSR count). The van der Waals surface area contributed by atoms with Crippen LogP contribution in [0.4, 0.5) is 0 Å². The monoisotopic (exact) mass is 238 g/mol. The van der Waals surface area contributed by atoms with Crippen LogP contribution in [0.15, 0.2) is 20.4 Å². The third kappa shape index (κ3) is 9.91. The van der Waals surface area contributed by atoms with E-state index in [9.17, 15) is 9.59 Å². The zero-order valence-corrected chi connectivity index (χ0v) is 9.67. The van der Waals surface area contributed by atoms with Crippen molar-refractivity contribution in [3.05, 3.63) is 0 Å². The Morgan fingerprint density at radius 2 is 1.24 bits per heavy atom.